The third-order valence-corrected chi connectivity index (χ3v) is 4.28. The molecule has 0 bridgehead atoms. The van der Waals surface area contributed by atoms with Crippen LogP contribution < -0.4 is 9.57 Å². The molecule has 9 nitrogen and oxygen atoms in total. The molecule has 2 aromatic rings. The van der Waals surface area contributed by atoms with Gasteiger partial charge in [-0.05, 0) is 37.3 Å². The number of phenolic OH excluding ortho intramolecular Hbond substituents is 1. The average molecular weight is 365 g/mol. The minimum Gasteiger partial charge on any atom is -0.507 e. The zero-order valence-corrected chi connectivity index (χ0v) is 13.9. The van der Waals surface area contributed by atoms with Crippen molar-refractivity contribution in [1.82, 2.24) is 4.83 Å². The summed E-state index contributed by atoms with van der Waals surface area (Å²) in [6, 6.07) is 9.05. The van der Waals surface area contributed by atoms with Crippen LogP contribution in [0.4, 0.5) is 5.69 Å². The highest BCUT2D eigenvalue weighted by molar-refractivity contribution is 7.89. The largest absolute Gasteiger partial charge is 0.507 e. The Morgan fingerprint density at radius 2 is 1.96 bits per heavy atom. The lowest BCUT2D eigenvalue weighted by atomic mass is 10.2. The molecule has 0 radical (unpaired) electrons. The van der Waals surface area contributed by atoms with Crippen molar-refractivity contribution >= 4 is 21.9 Å². The molecule has 0 spiro atoms. The van der Waals surface area contributed by atoms with Gasteiger partial charge in [-0.2, -0.15) is 13.5 Å². The first kappa shape index (κ1) is 18.2. The van der Waals surface area contributed by atoms with E-state index in [2.05, 4.69) is 5.10 Å². The summed E-state index contributed by atoms with van der Waals surface area (Å²) in [5, 5.41) is 23.9. The van der Waals surface area contributed by atoms with Crippen molar-refractivity contribution < 1.29 is 23.2 Å². The Labute approximate surface area is 143 Å². The summed E-state index contributed by atoms with van der Waals surface area (Å²) < 4.78 is 29.5. The lowest BCUT2D eigenvalue weighted by molar-refractivity contribution is -0.384. The first-order valence-electron chi connectivity index (χ1n) is 7.08. The van der Waals surface area contributed by atoms with Crippen LogP contribution in [0.1, 0.15) is 12.5 Å². The molecule has 0 amide bonds. The van der Waals surface area contributed by atoms with Crippen LogP contribution in [-0.4, -0.2) is 31.3 Å². The number of hydrogen-bond donors (Lipinski definition) is 2. The molecule has 0 fully saturated rings. The van der Waals surface area contributed by atoms with Gasteiger partial charge in [0.1, 0.15) is 11.5 Å². The topological polar surface area (TPSA) is 131 Å². The maximum atomic E-state index is 12.1. The van der Waals surface area contributed by atoms with Crippen molar-refractivity contribution in [2.45, 2.75) is 11.8 Å². The van der Waals surface area contributed by atoms with Gasteiger partial charge in [-0.1, -0.05) is 0 Å². The first-order chi connectivity index (χ1) is 11.8. The number of nitro groups is 1. The molecule has 0 aliphatic carbocycles. The van der Waals surface area contributed by atoms with Gasteiger partial charge in [-0.25, -0.2) is 4.83 Å². The Kier molecular flexibility index (Phi) is 5.55. The summed E-state index contributed by atoms with van der Waals surface area (Å²) >= 11 is 0. The molecule has 0 heterocycles. The fourth-order valence-corrected chi connectivity index (χ4v) is 2.65. The summed E-state index contributed by atoms with van der Waals surface area (Å²) in [6.07, 6.45) is 0.981. The highest BCUT2D eigenvalue weighted by Gasteiger charge is 2.13. The molecule has 0 atom stereocenters. The Hall–Kier alpha value is -3.14. The van der Waals surface area contributed by atoms with E-state index in [-0.39, 0.29) is 21.9 Å². The molecule has 10 heteroatoms. The van der Waals surface area contributed by atoms with Gasteiger partial charge in [0.15, 0.2) is 0 Å². The minimum absolute atomic E-state index is 0.00333. The Morgan fingerprint density at radius 1 is 1.28 bits per heavy atom. The SMILES string of the molecule is CCOc1ccc(S(=O)(=O)N/N=C\c2cc([N+](=O)[O-])ccc2O)cc1. The molecular formula is C15H15N3O6S. The van der Waals surface area contributed by atoms with E-state index in [0.29, 0.717) is 12.4 Å². The molecule has 25 heavy (non-hydrogen) atoms. The smallest absolute Gasteiger partial charge is 0.276 e. The van der Waals surface area contributed by atoms with E-state index in [1.807, 2.05) is 11.8 Å². The highest BCUT2D eigenvalue weighted by atomic mass is 32.2. The minimum atomic E-state index is -3.92. The molecule has 0 aromatic heterocycles. The van der Waals surface area contributed by atoms with Gasteiger partial charge in [0.25, 0.3) is 15.7 Å². The number of benzene rings is 2. The number of non-ortho nitro benzene ring substituents is 1. The molecule has 132 valence electrons. The van der Waals surface area contributed by atoms with Gasteiger partial charge in [0.2, 0.25) is 0 Å². The van der Waals surface area contributed by atoms with E-state index in [4.69, 9.17) is 4.74 Å². The summed E-state index contributed by atoms with van der Waals surface area (Å²) in [4.78, 5) is 12.0. The maximum Gasteiger partial charge on any atom is 0.276 e. The summed E-state index contributed by atoms with van der Waals surface area (Å²) in [7, 11) is -3.92. The summed E-state index contributed by atoms with van der Waals surface area (Å²) in [5.41, 5.74) is -0.253. The fraction of sp³-hybridized carbons (Fsp3) is 0.133. The lowest BCUT2D eigenvalue weighted by Gasteiger charge is -2.06. The van der Waals surface area contributed by atoms with Crippen molar-refractivity contribution in [3.63, 3.8) is 0 Å². The number of nitrogens with zero attached hydrogens (tertiary/aromatic N) is 2. The fourth-order valence-electron chi connectivity index (χ4n) is 1.86. The van der Waals surface area contributed by atoms with Gasteiger partial charge in [0.05, 0.1) is 22.6 Å². The zero-order valence-electron chi connectivity index (χ0n) is 13.1. The number of phenols is 1. The van der Waals surface area contributed by atoms with E-state index in [0.717, 1.165) is 24.4 Å². The molecule has 0 aliphatic heterocycles. The second kappa shape index (κ2) is 7.62. The highest BCUT2D eigenvalue weighted by Crippen LogP contribution is 2.21. The molecule has 0 aliphatic rings. The van der Waals surface area contributed by atoms with Gasteiger partial charge in [-0.3, -0.25) is 10.1 Å². The van der Waals surface area contributed by atoms with E-state index in [1.165, 1.54) is 24.3 Å². The predicted molar refractivity (Wildman–Crippen MR) is 90.3 cm³/mol. The second-order valence-electron chi connectivity index (χ2n) is 4.76. The molecule has 2 aromatic carbocycles. The number of nitro benzene ring substituents is 1. The van der Waals surface area contributed by atoms with Crippen LogP contribution in [0.25, 0.3) is 0 Å². The van der Waals surface area contributed by atoms with E-state index < -0.39 is 14.9 Å². The van der Waals surface area contributed by atoms with Crippen LogP contribution in [0.3, 0.4) is 0 Å². The van der Waals surface area contributed by atoms with Crippen molar-refractivity contribution in [2.75, 3.05) is 6.61 Å². The zero-order chi connectivity index (χ0) is 18.4. The van der Waals surface area contributed by atoms with E-state index in [1.54, 1.807) is 0 Å². The van der Waals surface area contributed by atoms with Gasteiger partial charge < -0.3 is 9.84 Å². The van der Waals surface area contributed by atoms with Crippen LogP contribution in [0.5, 0.6) is 11.5 Å². The van der Waals surface area contributed by atoms with Crippen molar-refractivity contribution in [1.29, 1.82) is 0 Å². The standard InChI is InChI=1S/C15H15N3O6S/c1-2-24-13-4-6-14(7-5-13)25(22,23)17-16-10-11-9-12(18(20)21)3-8-15(11)19/h3-10,17,19H,2H2,1H3/b16-10-. The molecule has 2 N–H and O–H groups in total. The number of sulfonamides is 1. The quantitative estimate of drug-likeness (QED) is 0.438. The average Bonchev–Trinajstić information content (AvgIpc) is 2.57. The second-order valence-corrected chi connectivity index (χ2v) is 6.42. The molecular weight excluding hydrogens is 350 g/mol. The normalized spacial score (nSPS) is 11.4. The molecule has 0 unspecified atom stereocenters. The van der Waals surface area contributed by atoms with Crippen molar-refractivity contribution in [3.8, 4) is 11.5 Å². The number of hydrogen-bond acceptors (Lipinski definition) is 7. The van der Waals surface area contributed by atoms with E-state index >= 15 is 0 Å². The Balaban J connectivity index is 2.15. The molecule has 0 saturated carbocycles. The predicted octanol–water partition coefficient (Wildman–Crippen LogP) is 2.01. The number of aromatic hydroxyl groups is 1. The van der Waals surface area contributed by atoms with Crippen LogP contribution in [0.15, 0.2) is 52.5 Å². The van der Waals surface area contributed by atoms with E-state index in [9.17, 15) is 23.6 Å². The maximum absolute atomic E-state index is 12.1. The van der Waals surface area contributed by atoms with Crippen LogP contribution >= 0.6 is 0 Å². The number of nitrogens with one attached hydrogen (secondary N) is 1. The van der Waals surface area contributed by atoms with Gasteiger partial charge in [0, 0.05) is 17.7 Å². The van der Waals surface area contributed by atoms with Crippen LogP contribution in [0, 0.1) is 10.1 Å². The van der Waals surface area contributed by atoms with Crippen LogP contribution in [0.2, 0.25) is 0 Å². The summed E-state index contributed by atoms with van der Waals surface area (Å²) in [5.74, 6) is 0.265. The van der Waals surface area contributed by atoms with Gasteiger partial charge >= 0.3 is 0 Å². The Bertz CT molecular complexity index is 894. The van der Waals surface area contributed by atoms with Gasteiger partial charge in [-0.15, -0.1) is 0 Å². The molecule has 0 saturated heterocycles. The summed E-state index contributed by atoms with van der Waals surface area (Å²) in [6.45, 7) is 2.27. The number of hydrazone groups is 1. The number of ether oxygens (including phenoxy) is 1. The number of rotatable bonds is 7. The molecule has 2 rings (SSSR count). The lowest BCUT2D eigenvalue weighted by Crippen LogP contribution is -2.18. The van der Waals surface area contributed by atoms with Crippen LogP contribution in [-0.2, 0) is 10.0 Å². The third-order valence-electron chi connectivity index (χ3n) is 3.04. The van der Waals surface area contributed by atoms with Crippen molar-refractivity contribution in [2.24, 2.45) is 5.10 Å². The Morgan fingerprint density at radius 3 is 2.56 bits per heavy atom. The first-order valence-corrected chi connectivity index (χ1v) is 8.57. The monoisotopic (exact) mass is 365 g/mol. The third kappa shape index (κ3) is 4.67. The van der Waals surface area contributed by atoms with Crippen molar-refractivity contribution in [3.05, 3.63) is 58.1 Å².